The van der Waals surface area contributed by atoms with Crippen LogP contribution in [0.1, 0.15) is 30.4 Å². The molecule has 0 saturated heterocycles. The van der Waals surface area contributed by atoms with Crippen LogP contribution in [0.25, 0.3) is 0 Å². The van der Waals surface area contributed by atoms with Gasteiger partial charge in [0.1, 0.15) is 15.7 Å². The highest BCUT2D eigenvalue weighted by Gasteiger charge is 2.25. The second-order valence-corrected chi connectivity index (χ2v) is 7.52. The normalized spacial score (nSPS) is 11.8. The van der Waals surface area contributed by atoms with E-state index in [1.807, 2.05) is 20.8 Å². The van der Waals surface area contributed by atoms with Crippen molar-refractivity contribution < 1.29 is 12.9 Å². The predicted octanol–water partition coefficient (Wildman–Crippen LogP) is 2.13. The Bertz CT molecular complexity index is 714. The second-order valence-electron chi connectivity index (χ2n) is 4.70. The van der Waals surface area contributed by atoms with Crippen LogP contribution in [0.4, 0.5) is 10.8 Å². The third kappa shape index (κ3) is 3.18. The maximum absolute atomic E-state index is 12.2. The molecule has 7 nitrogen and oxygen atoms in total. The Morgan fingerprint density at radius 2 is 2.10 bits per heavy atom. The number of sulfone groups is 1. The van der Waals surface area contributed by atoms with Crippen LogP contribution in [0, 0.1) is 13.8 Å². The summed E-state index contributed by atoms with van der Waals surface area (Å²) in [5.74, 6) is 0.806. The van der Waals surface area contributed by atoms with Crippen molar-refractivity contribution >= 4 is 32.2 Å². The van der Waals surface area contributed by atoms with Crippen molar-refractivity contribution in [3.63, 3.8) is 0 Å². The predicted molar refractivity (Wildman–Crippen MR) is 82.2 cm³/mol. The minimum Gasteiger partial charge on any atom is -0.382 e. The van der Waals surface area contributed by atoms with E-state index in [4.69, 9.17) is 10.3 Å². The maximum atomic E-state index is 12.2. The molecule has 0 bridgehead atoms. The molecule has 2 aromatic heterocycles. The topological polar surface area (TPSA) is 111 Å². The lowest BCUT2D eigenvalue weighted by Gasteiger charge is -2.07. The Morgan fingerprint density at radius 3 is 2.67 bits per heavy atom. The zero-order valence-electron chi connectivity index (χ0n) is 12.1. The lowest BCUT2D eigenvalue weighted by atomic mass is 10.2. The summed E-state index contributed by atoms with van der Waals surface area (Å²) in [5, 5.41) is 7.40. The first-order chi connectivity index (χ1) is 9.86. The van der Waals surface area contributed by atoms with Crippen LogP contribution in [0.5, 0.6) is 0 Å². The average Bonchev–Trinajstić information content (AvgIpc) is 2.92. The van der Waals surface area contributed by atoms with E-state index in [2.05, 4.69) is 14.8 Å². The molecule has 2 aromatic rings. The Kier molecular flexibility index (Phi) is 4.52. The lowest BCUT2D eigenvalue weighted by Crippen LogP contribution is -2.11. The van der Waals surface area contributed by atoms with Gasteiger partial charge in [0, 0.05) is 12.1 Å². The summed E-state index contributed by atoms with van der Waals surface area (Å²) in [4.78, 5) is 0.0983. The molecule has 116 valence electrons. The van der Waals surface area contributed by atoms with E-state index in [1.165, 1.54) is 0 Å². The molecular weight excluding hydrogens is 312 g/mol. The fourth-order valence-corrected chi connectivity index (χ4v) is 4.62. The van der Waals surface area contributed by atoms with Gasteiger partial charge in [0.2, 0.25) is 0 Å². The van der Waals surface area contributed by atoms with Crippen LogP contribution in [0.15, 0.2) is 9.42 Å². The van der Waals surface area contributed by atoms with Gasteiger partial charge in [0.15, 0.2) is 15.7 Å². The van der Waals surface area contributed by atoms with Gasteiger partial charge in [-0.15, -0.1) is 0 Å². The van der Waals surface area contributed by atoms with Gasteiger partial charge in [0.25, 0.3) is 0 Å². The number of nitrogens with zero attached hydrogens (tertiary/aromatic N) is 2. The minimum absolute atomic E-state index is 0.0507. The Labute approximate surface area is 127 Å². The first kappa shape index (κ1) is 15.8. The van der Waals surface area contributed by atoms with E-state index in [1.54, 1.807) is 0 Å². The number of nitrogens with two attached hydrogens (primary N) is 1. The molecule has 0 radical (unpaired) electrons. The fourth-order valence-electron chi connectivity index (χ4n) is 2.00. The molecule has 2 rings (SSSR count). The molecule has 2 heterocycles. The standard InChI is InChI=1S/C12H18N4O3S2/c1-4-5-21(17,18)10-11(13)16-20-12(10)14-6-9-7(2)15-19-8(9)3/h14H,4-6H2,1-3H3,(H2,13,16). The van der Waals surface area contributed by atoms with Gasteiger partial charge in [-0.3, -0.25) is 0 Å². The summed E-state index contributed by atoms with van der Waals surface area (Å²) in [6, 6.07) is 0. The third-order valence-electron chi connectivity index (χ3n) is 3.06. The molecule has 0 aliphatic carbocycles. The Hall–Kier alpha value is -1.61. The third-order valence-corrected chi connectivity index (χ3v) is 5.99. The van der Waals surface area contributed by atoms with Crippen LogP contribution in [0.2, 0.25) is 0 Å². The van der Waals surface area contributed by atoms with Crippen molar-refractivity contribution in [3.8, 4) is 0 Å². The summed E-state index contributed by atoms with van der Waals surface area (Å²) in [6.45, 7) is 5.87. The monoisotopic (exact) mass is 330 g/mol. The fraction of sp³-hybridized carbons (Fsp3) is 0.500. The van der Waals surface area contributed by atoms with Crippen LogP contribution in [-0.2, 0) is 16.4 Å². The van der Waals surface area contributed by atoms with Crippen LogP contribution in [0.3, 0.4) is 0 Å². The highest BCUT2D eigenvalue weighted by atomic mass is 32.2. The van der Waals surface area contributed by atoms with Gasteiger partial charge in [-0.05, 0) is 31.8 Å². The van der Waals surface area contributed by atoms with Gasteiger partial charge >= 0.3 is 0 Å². The second kappa shape index (κ2) is 6.02. The summed E-state index contributed by atoms with van der Waals surface area (Å²) in [7, 11) is -3.42. The molecule has 0 atom stereocenters. The summed E-state index contributed by atoms with van der Waals surface area (Å²) in [6.07, 6.45) is 0.529. The average molecular weight is 330 g/mol. The Balaban J connectivity index is 2.27. The van der Waals surface area contributed by atoms with Crippen molar-refractivity contribution in [2.75, 3.05) is 16.8 Å². The number of anilines is 2. The molecule has 0 fully saturated rings. The molecular formula is C12H18N4O3S2. The first-order valence-corrected chi connectivity index (χ1v) is 8.93. The van der Waals surface area contributed by atoms with E-state index in [0.717, 1.165) is 22.8 Å². The molecule has 21 heavy (non-hydrogen) atoms. The first-order valence-electron chi connectivity index (χ1n) is 6.50. The molecule has 9 heteroatoms. The number of nitrogens with one attached hydrogen (secondary N) is 1. The highest BCUT2D eigenvalue weighted by Crippen LogP contribution is 2.33. The van der Waals surface area contributed by atoms with E-state index in [9.17, 15) is 8.42 Å². The number of hydrogen-bond acceptors (Lipinski definition) is 8. The molecule has 0 amide bonds. The molecule has 0 aromatic carbocycles. The van der Waals surface area contributed by atoms with Crippen LogP contribution >= 0.6 is 11.5 Å². The largest absolute Gasteiger partial charge is 0.382 e. The number of aromatic nitrogens is 2. The van der Waals surface area contributed by atoms with Crippen molar-refractivity contribution in [1.29, 1.82) is 0 Å². The van der Waals surface area contributed by atoms with Crippen molar-refractivity contribution in [2.45, 2.75) is 38.6 Å². The summed E-state index contributed by atoms with van der Waals surface area (Å²) in [5.41, 5.74) is 7.39. The van der Waals surface area contributed by atoms with Gasteiger partial charge < -0.3 is 15.6 Å². The van der Waals surface area contributed by atoms with Crippen LogP contribution < -0.4 is 11.1 Å². The van der Waals surface area contributed by atoms with E-state index < -0.39 is 9.84 Å². The van der Waals surface area contributed by atoms with E-state index in [0.29, 0.717) is 23.7 Å². The number of nitrogen functional groups attached to an aromatic ring is 1. The smallest absolute Gasteiger partial charge is 0.185 e. The lowest BCUT2D eigenvalue weighted by molar-refractivity contribution is 0.392. The molecule has 0 saturated carbocycles. The van der Waals surface area contributed by atoms with Crippen molar-refractivity contribution in [3.05, 3.63) is 17.0 Å². The zero-order chi connectivity index (χ0) is 15.6. The summed E-state index contributed by atoms with van der Waals surface area (Å²) < 4.78 is 33.5. The van der Waals surface area contributed by atoms with Crippen LogP contribution in [-0.4, -0.2) is 23.7 Å². The van der Waals surface area contributed by atoms with E-state index in [-0.39, 0.29) is 16.5 Å². The van der Waals surface area contributed by atoms with Crippen molar-refractivity contribution in [2.24, 2.45) is 0 Å². The van der Waals surface area contributed by atoms with Gasteiger partial charge in [-0.1, -0.05) is 12.1 Å². The quantitative estimate of drug-likeness (QED) is 0.834. The summed E-state index contributed by atoms with van der Waals surface area (Å²) >= 11 is 1.05. The number of rotatable bonds is 6. The van der Waals surface area contributed by atoms with E-state index >= 15 is 0 Å². The number of aryl methyl sites for hydroxylation is 2. The minimum atomic E-state index is -3.42. The van der Waals surface area contributed by atoms with Gasteiger partial charge in [-0.25, -0.2) is 8.42 Å². The Morgan fingerprint density at radius 1 is 1.38 bits per heavy atom. The highest BCUT2D eigenvalue weighted by molar-refractivity contribution is 7.91. The molecule has 0 aliphatic heterocycles. The SMILES string of the molecule is CCCS(=O)(=O)c1c(N)nsc1NCc1c(C)noc1C. The zero-order valence-corrected chi connectivity index (χ0v) is 13.8. The maximum Gasteiger partial charge on any atom is 0.185 e. The molecule has 0 unspecified atom stereocenters. The molecule has 0 aliphatic rings. The van der Waals surface area contributed by atoms with Gasteiger partial charge in [-0.2, -0.15) is 4.37 Å². The number of hydrogen-bond donors (Lipinski definition) is 2. The molecule has 3 N–H and O–H groups in total. The molecule has 0 spiro atoms. The van der Waals surface area contributed by atoms with Crippen molar-refractivity contribution in [1.82, 2.24) is 9.53 Å². The van der Waals surface area contributed by atoms with Gasteiger partial charge in [0.05, 0.1) is 11.4 Å².